The van der Waals surface area contributed by atoms with E-state index in [1.165, 1.54) is 5.56 Å². The molecular weight excluding hydrogens is 420 g/mol. The SMILES string of the molecule is CC(C)c1ccccc1OCCCCn1c(-c2ccc(Cl)cc2)nc2ccccc2c1=O. The Hall–Kier alpha value is -3.11. The molecule has 0 radical (unpaired) electrons. The Morgan fingerprint density at radius 2 is 1.66 bits per heavy atom. The number of hydrogen-bond donors (Lipinski definition) is 0. The summed E-state index contributed by atoms with van der Waals surface area (Å²) in [6, 6.07) is 23.1. The molecule has 5 heteroatoms. The van der Waals surface area contributed by atoms with Crippen LogP contribution in [0.4, 0.5) is 0 Å². The van der Waals surface area contributed by atoms with Gasteiger partial charge in [-0.1, -0.05) is 55.8 Å². The van der Waals surface area contributed by atoms with Crippen LogP contribution in [-0.2, 0) is 6.54 Å². The van der Waals surface area contributed by atoms with E-state index in [2.05, 4.69) is 19.9 Å². The minimum atomic E-state index is -0.0216. The van der Waals surface area contributed by atoms with E-state index < -0.39 is 0 Å². The van der Waals surface area contributed by atoms with E-state index in [1.807, 2.05) is 66.7 Å². The van der Waals surface area contributed by atoms with Gasteiger partial charge in [-0.25, -0.2) is 4.98 Å². The number of benzene rings is 3. The Bertz CT molecular complexity index is 1260. The third-order valence-corrected chi connectivity index (χ3v) is 5.79. The fourth-order valence-corrected chi connectivity index (χ4v) is 3.96. The van der Waals surface area contributed by atoms with Gasteiger partial charge in [-0.05, 0) is 66.8 Å². The van der Waals surface area contributed by atoms with Gasteiger partial charge in [0.2, 0.25) is 0 Å². The molecule has 164 valence electrons. The zero-order chi connectivity index (χ0) is 22.5. The fraction of sp³-hybridized carbons (Fsp3) is 0.259. The number of rotatable bonds is 8. The van der Waals surface area contributed by atoms with Gasteiger partial charge in [0.1, 0.15) is 11.6 Å². The van der Waals surface area contributed by atoms with Gasteiger partial charge in [-0.15, -0.1) is 0 Å². The van der Waals surface area contributed by atoms with Gasteiger partial charge in [0, 0.05) is 17.1 Å². The molecule has 0 bridgehead atoms. The average Bonchev–Trinajstić information content (AvgIpc) is 2.81. The van der Waals surface area contributed by atoms with Gasteiger partial charge in [0.25, 0.3) is 5.56 Å². The summed E-state index contributed by atoms with van der Waals surface area (Å²) in [5.41, 5.74) is 2.77. The zero-order valence-electron chi connectivity index (χ0n) is 18.4. The van der Waals surface area contributed by atoms with Gasteiger partial charge < -0.3 is 4.74 Å². The monoisotopic (exact) mass is 446 g/mol. The molecule has 0 spiro atoms. The van der Waals surface area contributed by atoms with E-state index in [4.69, 9.17) is 21.3 Å². The van der Waals surface area contributed by atoms with E-state index >= 15 is 0 Å². The van der Waals surface area contributed by atoms with Crippen LogP contribution in [-0.4, -0.2) is 16.2 Å². The Labute approximate surface area is 193 Å². The Kier molecular flexibility index (Phi) is 6.91. The van der Waals surface area contributed by atoms with E-state index in [0.29, 0.717) is 40.8 Å². The minimum Gasteiger partial charge on any atom is -0.493 e. The molecule has 3 aromatic carbocycles. The predicted molar refractivity (Wildman–Crippen MR) is 132 cm³/mol. The highest BCUT2D eigenvalue weighted by Gasteiger charge is 2.13. The molecule has 0 saturated heterocycles. The second-order valence-corrected chi connectivity index (χ2v) is 8.60. The number of unbranched alkanes of at least 4 members (excludes halogenated alkanes) is 1. The van der Waals surface area contributed by atoms with Crippen molar-refractivity contribution in [2.75, 3.05) is 6.61 Å². The minimum absolute atomic E-state index is 0.0216. The molecule has 0 fully saturated rings. The lowest BCUT2D eigenvalue weighted by Crippen LogP contribution is -2.24. The second kappa shape index (κ2) is 10.0. The molecule has 4 rings (SSSR count). The summed E-state index contributed by atoms with van der Waals surface area (Å²) < 4.78 is 7.82. The summed E-state index contributed by atoms with van der Waals surface area (Å²) in [6.07, 6.45) is 1.65. The number of ether oxygens (including phenoxy) is 1. The molecule has 0 amide bonds. The van der Waals surface area contributed by atoms with Crippen LogP contribution in [0.5, 0.6) is 5.75 Å². The molecule has 32 heavy (non-hydrogen) atoms. The quantitative estimate of drug-likeness (QED) is 0.283. The largest absolute Gasteiger partial charge is 0.493 e. The molecule has 4 aromatic rings. The first kappa shape index (κ1) is 22.1. The van der Waals surface area contributed by atoms with Crippen molar-refractivity contribution in [3.8, 4) is 17.1 Å². The number of aromatic nitrogens is 2. The van der Waals surface area contributed by atoms with Crippen molar-refractivity contribution >= 4 is 22.5 Å². The molecule has 4 nitrogen and oxygen atoms in total. The molecule has 0 unspecified atom stereocenters. The third kappa shape index (κ3) is 4.86. The summed E-state index contributed by atoms with van der Waals surface area (Å²) in [5, 5.41) is 1.29. The van der Waals surface area contributed by atoms with Crippen molar-refractivity contribution in [2.45, 2.75) is 39.2 Å². The van der Waals surface area contributed by atoms with E-state index in [1.54, 1.807) is 4.57 Å². The highest BCUT2D eigenvalue weighted by Crippen LogP contribution is 2.26. The number of para-hydroxylation sites is 2. The standard InChI is InChI=1S/C27H27ClN2O2/c1-19(2)22-9-4-6-12-25(22)32-18-8-7-17-30-26(20-13-15-21(28)16-14-20)29-24-11-5-3-10-23(24)27(30)31/h3-6,9-16,19H,7-8,17-18H2,1-2H3. The smallest absolute Gasteiger partial charge is 0.261 e. The van der Waals surface area contributed by atoms with Crippen LogP contribution < -0.4 is 10.3 Å². The highest BCUT2D eigenvalue weighted by molar-refractivity contribution is 6.30. The average molecular weight is 447 g/mol. The second-order valence-electron chi connectivity index (χ2n) is 8.16. The van der Waals surface area contributed by atoms with Crippen LogP contribution in [0.1, 0.15) is 38.2 Å². The van der Waals surface area contributed by atoms with Gasteiger partial charge in [-0.3, -0.25) is 9.36 Å². The molecule has 1 aromatic heterocycles. The Morgan fingerprint density at radius 3 is 2.44 bits per heavy atom. The van der Waals surface area contributed by atoms with Crippen molar-refractivity contribution in [3.63, 3.8) is 0 Å². The molecular formula is C27H27ClN2O2. The van der Waals surface area contributed by atoms with Gasteiger partial charge >= 0.3 is 0 Å². The molecule has 0 aliphatic carbocycles. The highest BCUT2D eigenvalue weighted by atomic mass is 35.5. The van der Waals surface area contributed by atoms with Crippen molar-refractivity contribution in [1.82, 2.24) is 9.55 Å². The summed E-state index contributed by atoms with van der Waals surface area (Å²) in [6.45, 7) is 5.51. The first-order valence-electron chi connectivity index (χ1n) is 11.0. The van der Waals surface area contributed by atoms with Crippen molar-refractivity contribution in [1.29, 1.82) is 0 Å². The lowest BCUT2D eigenvalue weighted by molar-refractivity contribution is 0.299. The van der Waals surface area contributed by atoms with Crippen molar-refractivity contribution in [3.05, 3.63) is 93.7 Å². The molecule has 0 saturated carbocycles. The number of fused-ring (bicyclic) bond motifs is 1. The van der Waals surface area contributed by atoms with Crippen LogP contribution in [0.3, 0.4) is 0 Å². The maximum atomic E-state index is 13.3. The molecule has 0 atom stereocenters. The fourth-order valence-electron chi connectivity index (χ4n) is 3.84. The molecule has 0 aliphatic rings. The van der Waals surface area contributed by atoms with Crippen LogP contribution in [0.25, 0.3) is 22.3 Å². The maximum absolute atomic E-state index is 13.3. The van der Waals surface area contributed by atoms with E-state index in [9.17, 15) is 4.79 Å². The Balaban J connectivity index is 1.52. The van der Waals surface area contributed by atoms with E-state index in [-0.39, 0.29) is 5.56 Å². The van der Waals surface area contributed by atoms with Crippen LogP contribution in [0.2, 0.25) is 5.02 Å². The lowest BCUT2D eigenvalue weighted by Gasteiger charge is -2.15. The number of hydrogen-bond acceptors (Lipinski definition) is 3. The third-order valence-electron chi connectivity index (χ3n) is 5.54. The van der Waals surface area contributed by atoms with Crippen LogP contribution >= 0.6 is 11.6 Å². The lowest BCUT2D eigenvalue weighted by atomic mass is 10.0. The van der Waals surface area contributed by atoms with Gasteiger partial charge in [-0.2, -0.15) is 0 Å². The maximum Gasteiger partial charge on any atom is 0.261 e. The summed E-state index contributed by atoms with van der Waals surface area (Å²) in [5.74, 6) is 2.01. The number of nitrogens with zero attached hydrogens (tertiary/aromatic N) is 2. The van der Waals surface area contributed by atoms with Crippen LogP contribution in [0, 0.1) is 0 Å². The molecule has 0 N–H and O–H groups in total. The number of halogens is 1. The van der Waals surface area contributed by atoms with Gasteiger partial charge in [0.15, 0.2) is 0 Å². The normalized spacial score (nSPS) is 11.2. The zero-order valence-corrected chi connectivity index (χ0v) is 19.2. The van der Waals surface area contributed by atoms with Gasteiger partial charge in [0.05, 0.1) is 17.5 Å². The Morgan fingerprint density at radius 1 is 0.938 bits per heavy atom. The first-order valence-corrected chi connectivity index (χ1v) is 11.4. The summed E-state index contributed by atoms with van der Waals surface area (Å²) >= 11 is 6.06. The topological polar surface area (TPSA) is 44.1 Å². The van der Waals surface area contributed by atoms with Crippen molar-refractivity contribution < 1.29 is 4.74 Å². The van der Waals surface area contributed by atoms with Crippen molar-refractivity contribution in [2.24, 2.45) is 0 Å². The molecule has 1 heterocycles. The summed E-state index contributed by atoms with van der Waals surface area (Å²) in [4.78, 5) is 18.1. The predicted octanol–water partition coefficient (Wildman–Crippen LogP) is 6.70. The summed E-state index contributed by atoms with van der Waals surface area (Å²) in [7, 11) is 0. The van der Waals surface area contributed by atoms with Crippen LogP contribution in [0.15, 0.2) is 77.6 Å². The molecule has 0 aliphatic heterocycles. The first-order chi connectivity index (χ1) is 15.5. The van der Waals surface area contributed by atoms with E-state index in [0.717, 1.165) is 24.2 Å².